The van der Waals surface area contributed by atoms with Crippen molar-refractivity contribution in [2.45, 2.75) is 13.8 Å². The van der Waals surface area contributed by atoms with E-state index in [0.29, 0.717) is 11.8 Å². The lowest BCUT2D eigenvalue weighted by Crippen LogP contribution is -2.31. The summed E-state index contributed by atoms with van der Waals surface area (Å²) in [5.74, 6) is 1.21. The van der Waals surface area contributed by atoms with Crippen molar-refractivity contribution in [3.05, 3.63) is 0 Å². The number of rotatable bonds is 6. The van der Waals surface area contributed by atoms with E-state index in [4.69, 9.17) is 16.7 Å². The van der Waals surface area contributed by atoms with Crippen LogP contribution in [-0.4, -0.2) is 42.1 Å². The van der Waals surface area contributed by atoms with E-state index in [9.17, 15) is 0 Å². The van der Waals surface area contributed by atoms with E-state index in [2.05, 4.69) is 18.7 Å². The highest BCUT2D eigenvalue weighted by molar-refractivity contribution is 6.18. The third-order valence-corrected chi connectivity index (χ3v) is 2.22. The van der Waals surface area contributed by atoms with Crippen molar-refractivity contribution in [2.24, 2.45) is 5.92 Å². The number of halogens is 1. The summed E-state index contributed by atoms with van der Waals surface area (Å²) in [6.45, 7) is 7.19. The molecule has 0 aromatic carbocycles. The van der Waals surface area contributed by atoms with E-state index in [0.717, 1.165) is 19.6 Å². The van der Waals surface area contributed by atoms with Gasteiger partial charge in [-0.15, -0.1) is 11.6 Å². The zero-order valence-corrected chi connectivity index (χ0v) is 8.14. The molecule has 0 aliphatic heterocycles. The van der Waals surface area contributed by atoms with Crippen LogP contribution in [0.25, 0.3) is 0 Å². The van der Waals surface area contributed by atoms with Crippen molar-refractivity contribution in [3.63, 3.8) is 0 Å². The van der Waals surface area contributed by atoms with Gasteiger partial charge in [-0.3, -0.25) is 0 Å². The van der Waals surface area contributed by atoms with Crippen LogP contribution in [0, 0.1) is 5.92 Å². The number of likely N-dealkylation sites (N-methyl/N-ethyl adjacent to an activating group) is 1. The minimum absolute atomic E-state index is 0.239. The Bertz CT molecular complexity index is 90.2. The molecule has 0 aromatic heterocycles. The first-order chi connectivity index (χ1) is 5.24. The van der Waals surface area contributed by atoms with Crippen molar-refractivity contribution in [1.82, 2.24) is 4.90 Å². The van der Waals surface area contributed by atoms with Crippen LogP contribution < -0.4 is 0 Å². The molecule has 0 heterocycles. The Morgan fingerprint density at radius 3 is 2.55 bits per heavy atom. The third-order valence-electron chi connectivity index (χ3n) is 1.70. The molecule has 3 heteroatoms. The van der Waals surface area contributed by atoms with E-state index >= 15 is 0 Å². The second kappa shape index (κ2) is 6.89. The second-order valence-electron chi connectivity index (χ2n) is 2.88. The van der Waals surface area contributed by atoms with Crippen LogP contribution in [0.5, 0.6) is 0 Å². The summed E-state index contributed by atoms with van der Waals surface area (Å²) in [5, 5.41) is 8.68. The Balaban J connectivity index is 3.49. The first-order valence-corrected chi connectivity index (χ1v) is 4.67. The van der Waals surface area contributed by atoms with Gasteiger partial charge in [-0.25, -0.2) is 0 Å². The molecule has 0 fully saturated rings. The third kappa shape index (κ3) is 5.48. The number of alkyl halides is 1. The van der Waals surface area contributed by atoms with Crippen LogP contribution in [0.4, 0.5) is 0 Å². The van der Waals surface area contributed by atoms with Gasteiger partial charge < -0.3 is 10.0 Å². The predicted octanol–water partition coefficient (Wildman–Crippen LogP) is 1.18. The largest absolute Gasteiger partial charge is 0.395 e. The van der Waals surface area contributed by atoms with E-state index in [1.54, 1.807) is 0 Å². The fourth-order valence-electron chi connectivity index (χ4n) is 1.01. The maximum atomic E-state index is 8.68. The van der Waals surface area contributed by atoms with Gasteiger partial charge in [0, 0.05) is 19.0 Å². The van der Waals surface area contributed by atoms with Gasteiger partial charge in [0.05, 0.1) is 6.61 Å². The molecule has 2 nitrogen and oxygen atoms in total. The predicted molar refractivity (Wildman–Crippen MR) is 49.1 cm³/mol. The summed E-state index contributed by atoms with van der Waals surface area (Å²) < 4.78 is 0. The van der Waals surface area contributed by atoms with Gasteiger partial charge in [0.15, 0.2) is 0 Å². The molecule has 0 aromatic rings. The molecule has 0 amide bonds. The first kappa shape index (κ1) is 11.2. The Morgan fingerprint density at radius 1 is 1.55 bits per heavy atom. The van der Waals surface area contributed by atoms with Gasteiger partial charge in [0.2, 0.25) is 0 Å². The van der Waals surface area contributed by atoms with Crippen molar-refractivity contribution in [2.75, 3.05) is 32.1 Å². The van der Waals surface area contributed by atoms with Gasteiger partial charge in [-0.2, -0.15) is 0 Å². The molecule has 0 spiro atoms. The van der Waals surface area contributed by atoms with E-state index < -0.39 is 0 Å². The Labute approximate surface area is 74.2 Å². The summed E-state index contributed by atoms with van der Waals surface area (Å²) in [6, 6.07) is 0. The lowest BCUT2D eigenvalue weighted by molar-refractivity contribution is 0.189. The Kier molecular flexibility index (Phi) is 7.02. The van der Waals surface area contributed by atoms with E-state index in [1.165, 1.54) is 0 Å². The highest BCUT2D eigenvalue weighted by atomic mass is 35.5. The molecule has 0 radical (unpaired) electrons. The maximum Gasteiger partial charge on any atom is 0.0558 e. The highest BCUT2D eigenvalue weighted by Crippen LogP contribution is 2.01. The van der Waals surface area contributed by atoms with Crippen molar-refractivity contribution >= 4 is 11.6 Å². The molecule has 0 aliphatic carbocycles. The summed E-state index contributed by atoms with van der Waals surface area (Å²) in [7, 11) is 0. The van der Waals surface area contributed by atoms with Gasteiger partial charge >= 0.3 is 0 Å². The molecule has 0 saturated heterocycles. The number of aliphatic hydroxyl groups excluding tert-OH is 1. The van der Waals surface area contributed by atoms with Gasteiger partial charge in [-0.05, 0) is 12.5 Å². The molecule has 1 N–H and O–H groups in total. The second-order valence-corrected chi connectivity index (χ2v) is 3.18. The fraction of sp³-hybridized carbons (Fsp3) is 1.00. The maximum absolute atomic E-state index is 8.68. The molecule has 68 valence electrons. The average molecular weight is 180 g/mol. The number of nitrogens with zero attached hydrogens (tertiary/aromatic N) is 1. The van der Waals surface area contributed by atoms with Crippen molar-refractivity contribution < 1.29 is 5.11 Å². The van der Waals surface area contributed by atoms with Gasteiger partial charge in [-0.1, -0.05) is 13.8 Å². The lowest BCUT2D eigenvalue weighted by Gasteiger charge is -2.21. The van der Waals surface area contributed by atoms with E-state index in [-0.39, 0.29) is 6.61 Å². The monoisotopic (exact) mass is 179 g/mol. The van der Waals surface area contributed by atoms with Crippen LogP contribution in [0.15, 0.2) is 0 Å². The van der Waals surface area contributed by atoms with Crippen LogP contribution >= 0.6 is 11.6 Å². The first-order valence-electron chi connectivity index (χ1n) is 4.13. The fourth-order valence-corrected chi connectivity index (χ4v) is 1.11. The summed E-state index contributed by atoms with van der Waals surface area (Å²) in [4.78, 5) is 2.20. The topological polar surface area (TPSA) is 23.5 Å². The normalized spacial score (nSPS) is 13.9. The SMILES string of the molecule is CCN(CCO)CC(C)CCl. The van der Waals surface area contributed by atoms with Crippen LogP contribution in [-0.2, 0) is 0 Å². The molecular weight excluding hydrogens is 162 g/mol. The summed E-state index contributed by atoms with van der Waals surface area (Å²) >= 11 is 5.66. The van der Waals surface area contributed by atoms with Crippen LogP contribution in [0.1, 0.15) is 13.8 Å². The Hall–Kier alpha value is 0.210. The molecule has 0 saturated carbocycles. The number of hydrogen-bond donors (Lipinski definition) is 1. The van der Waals surface area contributed by atoms with Gasteiger partial charge in [0.1, 0.15) is 0 Å². The molecule has 1 unspecified atom stereocenters. The minimum Gasteiger partial charge on any atom is -0.395 e. The minimum atomic E-state index is 0.239. The molecule has 11 heavy (non-hydrogen) atoms. The zero-order chi connectivity index (χ0) is 8.69. The molecule has 1 atom stereocenters. The molecule has 0 rings (SSSR count). The summed E-state index contributed by atoms with van der Waals surface area (Å²) in [6.07, 6.45) is 0. The smallest absolute Gasteiger partial charge is 0.0558 e. The van der Waals surface area contributed by atoms with Gasteiger partial charge in [0.25, 0.3) is 0 Å². The number of aliphatic hydroxyl groups is 1. The van der Waals surface area contributed by atoms with Crippen LogP contribution in [0.2, 0.25) is 0 Å². The highest BCUT2D eigenvalue weighted by Gasteiger charge is 2.06. The van der Waals surface area contributed by atoms with E-state index in [1.807, 2.05) is 0 Å². The zero-order valence-electron chi connectivity index (χ0n) is 7.39. The molecule has 0 aliphatic rings. The van der Waals surface area contributed by atoms with Crippen molar-refractivity contribution in [1.29, 1.82) is 0 Å². The summed E-state index contributed by atoms with van der Waals surface area (Å²) in [5.41, 5.74) is 0. The average Bonchev–Trinajstić information content (AvgIpc) is 2.03. The van der Waals surface area contributed by atoms with Crippen molar-refractivity contribution in [3.8, 4) is 0 Å². The molecular formula is C8H18ClNO. The van der Waals surface area contributed by atoms with Crippen LogP contribution in [0.3, 0.4) is 0 Å². The lowest BCUT2D eigenvalue weighted by atomic mass is 10.2. The quantitative estimate of drug-likeness (QED) is 0.619. The Morgan fingerprint density at radius 2 is 2.18 bits per heavy atom. The standard InChI is InChI=1S/C8H18ClNO/c1-3-10(4-5-11)7-8(2)6-9/h8,11H,3-7H2,1-2H3. The molecule has 0 bridgehead atoms. The number of hydrogen-bond acceptors (Lipinski definition) is 2.